The van der Waals surface area contributed by atoms with E-state index in [1.165, 1.54) is 0 Å². The molecule has 0 N–H and O–H groups in total. The fourth-order valence-electron chi connectivity index (χ4n) is 4.24. The molecule has 4 atom stereocenters. The van der Waals surface area contributed by atoms with Crippen LogP contribution in [0.1, 0.15) is 69.2 Å². The topological polar surface area (TPSA) is 83.1 Å². The average molecular weight is 603 g/mol. The van der Waals surface area contributed by atoms with Crippen molar-refractivity contribution in [2.45, 2.75) is 91.4 Å². The summed E-state index contributed by atoms with van der Waals surface area (Å²) in [5.74, 6) is 0. The lowest BCUT2D eigenvalue weighted by Crippen LogP contribution is -2.71. The third-order valence-electron chi connectivity index (χ3n) is 6.71. The molecule has 4 unspecified atom stereocenters. The third-order valence-corrected chi connectivity index (χ3v) is 26.4. The molecule has 0 rings (SSSR count). The molecule has 0 aromatic carbocycles. The summed E-state index contributed by atoms with van der Waals surface area (Å²) in [5.41, 5.74) is 0.369. The summed E-state index contributed by atoms with van der Waals surface area (Å²) in [5, 5.41) is 0. The molecule has 0 aromatic rings. The SMILES string of the molecule is CCO[Si](COC)(O[Si](COC)(O[Si](COC)(O[Si](COC)(OCC)C(C)C)C(C)C)C(C)C)C(C)C. The molecule has 37 heavy (non-hydrogen) atoms. The van der Waals surface area contributed by atoms with Gasteiger partial charge in [-0.3, -0.25) is 0 Å². The van der Waals surface area contributed by atoms with Gasteiger partial charge in [0.2, 0.25) is 0 Å². The molecule has 0 amide bonds. The molecular weight excluding hydrogens is 545 g/mol. The van der Waals surface area contributed by atoms with Crippen LogP contribution in [-0.4, -0.2) is 101 Å². The third kappa shape index (κ3) is 9.83. The van der Waals surface area contributed by atoms with Crippen LogP contribution in [0.4, 0.5) is 0 Å². The Morgan fingerprint density at radius 2 is 0.622 bits per heavy atom. The monoisotopic (exact) mass is 602 g/mol. The van der Waals surface area contributed by atoms with Crippen LogP contribution in [0.5, 0.6) is 0 Å². The summed E-state index contributed by atoms with van der Waals surface area (Å²) in [6.07, 6.45) is 1.49. The zero-order chi connectivity index (χ0) is 28.9. The molecular formula is C24H58O9Si4. The minimum absolute atomic E-state index is 0.0473. The van der Waals surface area contributed by atoms with Crippen LogP contribution in [0.3, 0.4) is 0 Å². The van der Waals surface area contributed by atoms with E-state index in [4.69, 9.17) is 40.1 Å². The van der Waals surface area contributed by atoms with Crippen molar-refractivity contribution >= 4 is 34.2 Å². The van der Waals surface area contributed by atoms with Gasteiger partial charge in [-0.25, -0.2) is 0 Å². The molecule has 0 saturated heterocycles. The van der Waals surface area contributed by atoms with Gasteiger partial charge in [0.05, 0.1) is 24.9 Å². The van der Waals surface area contributed by atoms with Crippen LogP contribution in [0, 0.1) is 0 Å². The van der Waals surface area contributed by atoms with Crippen molar-refractivity contribution in [1.29, 1.82) is 0 Å². The molecule has 9 nitrogen and oxygen atoms in total. The largest absolute Gasteiger partial charge is 0.412 e. The van der Waals surface area contributed by atoms with Crippen LogP contribution in [0.15, 0.2) is 0 Å². The zero-order valence-electron chi connectivity index (χ0n) is 26.2. The van der Waals surface area contributed by atoms with Crippen molar-refractivity contribution in [3.8, 4) is 0 Å². The van der Waals surface area contributed by atoms with Crippen molar-refractivity contribution < 1.29 is 40.1 Å². The molecule has 0 spiro atoms. The lowest BCUT2D eigenvalue weighted by molar-refractivity contribution is 0.112. The first-order valence-corrected chi connectivity index (χ1v) is 22.0. The van der Waals surface area contributed by atoms with E-state index in [1.807, 2.05) is 13.8 Å². The number of hydrogen-bond acceptors (Lipinski definition) is 9. The maximum absolute atomic E-state index is 7.41. The van der Waals surface area contributed by atoms with Crippen LogP contribution in [-0.2, 0) is 40.1 Å². The van der Waals surface area contributed by atoms with E-state index in [0.717, 1.165) is 0 Å². The zero-order valence-corrected chi connectivity index (χ0v) is 30.2. The number of hydrogen-bond donors (Lipinski definition) is 0. The van der Waals surface area contributed by atoms with Crippen molar-refractivity contribution in [3.63, 3.8) is 0 Å². The Kier molecular flexibility index (Phi) is 17.6. The van der Waals surface area contributed by atoms with E-state index < -0.39 is 34.2 Å². The lowest BCUT2D eigenvalue weighted by Gasteiger charge is -2.50. The predicted octanol–water partition coefficient (Wildman–Crippen LogP) is 5.26. The number of methoxy groups -OCH3 is 4. The minimum atomic E-state index is -3.14. The first-order valence-electron chi connectivity index (χ1n) is 13.6. The minimum Gasteiger partial charge on any atom is -0.412 e. The normalized spacial score (nSPS) is 19.3. The molecule has 0 saturated carbocycles. The maximum Gasteiger partial charge on any atom is 0.358 e. The summed E-state index contributed by atoms with van der Waals surface area (Å²) in [6, 6.07) is 0. The Balaban J connectivity index is 7.09. The predicted molar refractivity (Wildman–Crippen MR) is 157 cm³/mol. The van der Waals surface area contributed by atoms with E-state index in [1.54, 1.807) is 28.4 Å². The van der Waals surface area contributed by atoms with Gasteiger partial charge in [-0.2, -0.15) is 0 Å². The summed E-state index contributed by atoms with van der Waals surface area (Å²) < 4.78 is 57.8. The van der Waals surface area contributed by atoms with E-state index in [0.29, 0.717) is 38.1 Å². The van der Waals surface area contributed by atoms with Crippen molar-refractivity contribution in [1.82, 2.24) is 0 Å². The van der Waals surface area contributed by atoms with Crippen molar-refractivity contribution in [2.24, 2.45) is 0 Å². The molecule has 0 aliphatic carbocycles. The van der Waals surface area contributed by atoms with E-state index >= 15 is 0 Å². The molecule has 224 valence electrons. The Bertz CT molecular complexity index is 551. The van der Waals surface area contributed by atoms with Crippen LogP contribution in [0.25, 0.3) is 0 Å². The van der Waals surface area contributed by atoms with Gasteiger partial charge in [0.1, 0.15) is 0 Å². The van der Waals surface area contributed by atoms with Gasteiger partial charge in [-0.1, -0.05) is 55.4 Å². The highest BCUT2D eigenvalue weighted by molar-refractivity contribution is 6.91. The Morgan fingerprint density at radius 1 is 0.405 bits per heavy atom. The first-order chi connectivity index (χ1) is 17.3. The molecule has 0 heterocycles. The maximum atomic E-state index is 7.41. The Labute approximate surface area is 232 Å². The second-order valence-electron chi connectivity index (χ2n) is 10.8. The fraction of sp³-hybridized carbons (Fsp3) is 1.00. The lowest BCUT2D eigenvalue weighted by atomic mass is 10.6. The summed E-state index contributed by atoms with van der Waals surface area (Å²) in [4.78, 5) is 0. The van der Waals surface area contributed by atoms with Gasteiger partial charge in [0.15, 0.2) is 0 Å². The molecule has 0 aliphatic rings. The highest BCUT2D eigenvalue weighted by Crippen LogP contribution is 2.41. The Morgan fingerprint density at radius 3 is 0.811 bits per heavy atom. The van der Waals surface area contributed by atoms with E-state index in [9.17, 15) is 0 Å². The van der Waals surface area contributed by atoms with Gasteiger partial charge in [0.25, 0.3) is 0 Å². The molecule has 0 fully saturated rings. The molecule has 0 bridgehead atoms. The van der Waals surface area contributed by atoms with Crippen LogP contribution < -0.4 is 0 Å². The number of rotatable bonds is 22. The van der Waals surface area contributed by atoms with Gasteiger partial charge < -0.3 is 40.1 Å². The second kappa shape index (κ2) is 17.3. The Hall–Kier alpha value is 0.508. The second-order valence-corrected chi connectivity index (χ2v) is 26.1. The van der Waals surface area contributed by atoms with Crippen LogP contribution >= 0.6 is 0 Å². The molecule has 0 aromatic heterocycles. The number of ether oxygens (including phenoxy) is 4. The van der Waals surface area contributed by atoms with Gasteiger partial charge in [-0.05, 0) is 36.0 Å². The van der Waals surface area contributed by atoms with E-state index in [-0.39, 0.29) is 22.2 Å². The van der Waals surface area contributed by atoms with Crippen LogP contribution in [0.2, 0.25) is 22.2 Å². The highest BCUT2D eigenvalue weighted by atomic mass is 28.5. The summed E-state index contributed by atoms with van der Waals surface area (Å²) in [7, 11) is -5.23. The quantitative estimate of drug-likeness (QED) is 0.154. The molecule has 13 heteroatoms. The first kappa shape index (κ1) is 37.5. The van der Waals surface area contributed by atoms with Crippen molar-refractivity contribution in [2.75, 3.05) is 66.6 Å². The van der Waals surface area contributed by atoms with E-state index in [2.05, 4.69) is 55.4 Å². The standard InChI is InChI=1S/C24H58O9Si4/c1-15-29-34(17-25-11,21(3)4)31-36(19-27-13,23(7)8)33-37(20-28-14,24(9)10)32-35(18-26-12,22(5)6)30-16-2/h21-24H,15-20H2,1-14H3. The molecule has 0 radical (unpaired) electrons. The summed E-state index contributed by atoms with van der Waals surface area (Å²) >= 11 is 0. The van der Waals surface area contributed by atoms with Crippen molar-refractivity contribution in [3.05, 3.63) is 0 Å². The fourth-order valence-corrected chi connectivity index (χ4v) is 24.6. The molecule has 0 aliphatic heterocycles. The summed E-state index contributed by atoms with van der Waals surface area (Å²) in [6.45, 7) is 22.2. The highest BCUT2D eigenvalue weighted by Gasteiger charge is 2.61. The smallest absolute Gasteiger partial charge is 0.358 e. The average Bonchev–Trinajstić information content (AvgIpc) is 2.79. The van der Waals surface area contributed by atoms with Gasteiger partial charge >= 0.3 is 34.2 Å². The van der Waals surface area contributed by atoms with Gasteiger partial charge in [-0.15, -0.1) is 0 Å². The van der Waals surface area contributed by atoms with Gasteiger partial charge in [0, 0.05) is 41.7 Å².